The van der Waals surface area contributed by atoms with Crippen LogP contribution in [-0.2, 0) is 0 Å². The minimum Gasteiger partial charge on any atom is -0.456 e. The molecule has 5 nitrogen and oxygen atoms in total. The lowest BCUT2D eigenvalue weighted by Crippen LogP contribution is -2.01. The summed E-state index contributed by atoms with van der Waals surface area (Å²) in [4.78, 5) is 15.8. The second-order valence-corrected chi connectivity index (χ2v) is 15.5. The van der Waals surface area contributed by atoms with Crippen molar-refractivity contribution in [2.45, 2.75) is 0 Å². The van der Waals surface area contributed by atoms with Gasteiger partial charge in [0.1, 0.15) is 22.3 Å². The largest absolute Gasteiger partial charge is 0.456 e. The highest BCUT2D eigenvalue weighted by Crippen LogP contribution is 2.42. The van der Waals surface area contributed by atoms with Crippen LogP contribution in [-0.4, -0.2) is 15.0 Å². The van der Waals surface area contributed by atoms with Gasteiger partial charge in [-0.25, -0.2) is 15.0 Å². The van der Waals surface area contributed by atoms with E-state index in [1.165, 1.54) is 16.2 Å². The Labute approximate surface area is 342 Å². The zero-order valence-corrected chi connectivity index (χ0v) is 32.1. The minimum atomic E-state index is 0.599. The number of para-hydroxylation sites is 2. The number of rotatable bonds is 4. The normalized spacial score (nSPS) is 12.0. The van der Waals surface area contributed by atoms with Gasteiger partial charge in [-0.3, -0.25) is 0 Å². The SMILES string of the molecule is c1ccc2c(c1)ccc1ccc(-c3nc(-c4ccc5cc6c(cc5c4)oc4ccccc46)nc(-c4ccc(-c5cccc6oc7ccccc7c56)c5ccccc45)n3)cc12. The van der Waals surface area contributed by atoms with E-state index < -0.39 is 0 Å². The summed E-state index contributed by atoms with van der Waals surface area (Å²) in [5, 5.41) is 13.5. The van der Waals surface area contributed by atoms with E-state index in [0.717, 1.165) is 98.6 Å². The predicted octanol–water partition coefficient (Wildman–Crippen LogP) is 15.0. The maximum Gasteiger partial charge on any atom is 0.164 e. The lowest BCUT2D eigenvalue weighted by Gasteiger charge is -2.14. The van der Waals surface area contributed by atoms with Gasteiger partial charge in [0.15, 0.2) is 17.5 Å². The maximum absolute atomic E-state index is 6.31. The van der Waals surface area contributed by atoms with Crippen molar-refractivity contribution in [1.29, 1.82) is 0 Å². The zero-order valence-electron chi connectivity index (χ0n) is 32.1. The van der Waals surface area contributed by atoms with Gasteiger partial charge in [-0.1, -0.05) is 140 Å². The van der Waals surface area contributed by atoms with Crippen molar-refractivity contribution in [2.75, 3.05) is 0 Å². The Morgan fingerprint density at radius 3 is 1.65 bits per heavy atom. The van der Waals surface area contributed by atoms with E-state index in [1.807, 2.05) is 30.3 Å². The van der Waals surface area contributed by atoms with E-state index in [-0.39, 0.29) is 0 Å². The molecule has 3 heterocycles. The molecular formula is C55H31N3O2. The van der Waals surface area contributed by atoms with Gasteiger partial charge in [0.05, 0.1) is 0 Å². The smallest absolute Gasteiger partial charge is 0.164 e. The number of fused-ring (bicyclic) bond motifs is 11. The highest BCUT2D eigenvalue weighted by Gasteiger charge is 2.19. The Morgan fingerprint density at radius 2 is 0.833 bits per heavy atom. The van der Waals surface area contributed by atoms with Crippen LogP contribution in [0.1, 0.15) is 0 Å². The highest BCUT2D eigenvalue weighted by molar-refractivity contribution is 6.17. The van der Waals surface area contributed by atoms with Gasteiger partial charge in [0.25, 0.3) is 0 Å². The second kappa shape index (κ2) is 12.7. The molecule has 0 aliphatic rings. The molecule has 0 unspecified atom stereocenters. The predicted molar refractivity (Wildman–Crippen MR) is 246 cm³/mol. The van der Waals surface area contributed by atoms with E-state index in [2.05, 4.69) is 158 Å². The summed E-state index contributed by atoms with van der Waals surface area (Å²) in [6, 6.07) is 65.8. The number of furan rings is 2. The number of aromatic nitrogens is 3. The van der Waals surface area contributed by atoms with Gasteiger partial charge in [0, 0.05) is 38.2 Å². The number of benzene rings is 10. The van der Waals surface area contributed by atoms with Crippen molar-refractivity contribution in [1.82, 2.24) is 15.0 Å². The molecule has 13 aromatic rings. The van der Waals surface area contributed by atoms with Crippen molar-refractivity contribution in [3.63, 3.8) is 0 Å². The first-order valence-corrected chi connectivity index (χ1v) is 20.2. The molecule has 60 heavy (non-hydrogen) atoms. The van der Waals surface area contributed by atoms with Gasteiger partial charge in [-0.15, -0.1) is 0 Å². The van der Waals surface area contributed by atoms with Crippen LogP contribution in [0.2, 0.25) is 0 Å². The molecule has 0 aliphatic carbocycles. The van der Waals surface area contributed by atoms with Crippen molar-refractivity contribution in [3.05, 3.63) is 188 Å². The van der Waals surface area contributed by atoms with Crippen LogP contribution >= 0.6 is 0 Å². The molecule has 0 amide bonds. The fourth-order valence-electron chi connectivity index (χ4n) is 9.23. The van der Waals surface area contributed by atoms with Crippen LogP contribution in [0.5, 0.6) is 0 Å². The summed E-state index contributed by atoms with van der Waals surface area (Å²) in [6.07, 6.45) is 0. The summed E-state index contributed by atoms with van der Waals surface area (Å²) in [5.41, 5.74) is 8.47. The van der Waals surface area contributed by atoms with E-state index in [4.69, 9.17) is 23.8 Å². The van der Waals surface area contributed by atoms with Crippen molar-refractivity contribution in [3.8, 4) is 45.3 Å². The molecule has 0 atom stereocenters. The fraction of sp³-hybridized carbons (Fsp3) is 0. The Bertz CT molecular complexity index is 3910. The molecule has 0 N–H and O–H groups in total. The van der Waals surface area contributed by atoms with Crippen molar-refractivity contribution in [2.24, 2.45) is 0 Å². The first kappa shape index (κ1) is 32.9. The van der Waals surface area contributed by atoms with E-state index >= 15 is 0 Å². The Balaban J connectivity index is 1.03. The zero-order chi connectivity index (χ0) is 39.3. The van der Waals surface area contributed by atoms with Gasteiger partial charge in [-0.2, -0.15) is 0 Å². The third-order valence-corrected chi connectivity index (χ3v) is 12.1. The molecule has 0 saturated carbocycles. The van der Waals surface area contributed by atoms with Gasteiger partial charge in [-0.05, 0) is 103 Å². The summed E-state index contributed by atoms with van der Waals surface area (Å²) in [6.45, 7) is 0. The van der Waals surface area contributed by atoms with Crippen LogP contribution in [0.15, 0.2) is 197 Å². The van der Waals surface area contributed by atoms with Crippen LogP contribution < -0.4 is 0 Å². The van der Waals surface area contributed by atoms with Crippen LogP contribution in [0, 0.1) is 0 Å². The molecule has 0 radical (unpaired) electrons. The van der Waals surface area contributed by atoms with Crippen LogP contribution in [0.4, 0.5) is 0 Å². The third kappa shape index (κ3) is 5.03. The second-order valence-electron chi connectivity index (χ2n) is 15.5. The highest BCUT2D eigenvalue weighted by atomic mass is 16.3. The number of nitrogens with zero attached hydrogens (tertiary/aromatic N) is 3. The van der Waals surface area contributed by atoms with Crippen molar-refractivity contribution >= 4 is 87.0 Å². The minimum absolute atomic E-state index is 0.599. The molecule has 13 rings (SSSR count). The Hall–Kier alpha value is -8.15. The first-order valence-electron chi connectivity index (χ1n) is 20.2. The fourth-order valence-corrected chi connectivity index (χ4v) is 9.23. The molecule has 5 heteroatoms. The molecule has 0 saturated heterocycles. The van der Waals surface area contributed by atoms with Crippen LogP contribution in [0.25, 0.3) is 132 Å². The van der Waals surface area contributed by atoms with Gasteiger partial charge in [0.2, 0.25) is 0 Å². The quantitative estimate of drug-likeness (QED) is 0.167. The molecule has 278 valence electrons. The van der Waals surface area contributed by atoms with Gasteiger partial charge < -0.3 is 8.83 Å². The molecular weight excluding hydrogens is 735 g/mol. The Morgan fingerprint density at radius 1 is 0.267 bits per heavy atom. The molecule has 0 bridgehead atoms. The van der Waals surface area contributed by atoms with E-state index in [9.17, 15) is 0 Å². The lowest BCUT2D eigenvalue weighted by atomic mass is 9.92. The summed E-state index contributed by atoms with van der Waals surface area (Å²) in [5.74, 6) is 1.82. The molecule has 3 aromatic heterocycles. The summed E-state index contributed by atoms with van der Waals surface area (Å²) >= 11 is 0. The first-order chi connectivity index (χ1) is 29.7. The third-order valence-electron chi connectivity index (χ3n) is 12.1. The topological polar surface area (TPSA) is 65.0 Å². The molecule has 0 fully saturated rings. The monoisotopic (exact) mass is 765 g/mol. The molecule has 0 spiro atoms. The number of hydrogen-bond donors (Lipinski definition) is 0. The molecule has 0 aliphatic heterocycles. The summed E-state index contributed by atoms with van der Waals surface area (Å²) < 4.78 is 12.6. The molecule has 10 aromatic carbocycles. The summed E-state index contributed by atoms with van der Waals surface area (Å²) in [7, 11) is 0. The maximum atomic E-state index is 6.31. The standard InChI is InChI=1S/C55H31N3O2/c1-2-11-38-32(10-1)20-21-33-22-24-36(30-46(33)38)54-56-53(35-25-23-34-29-47-42-14-5-7-17-48(42)60-51(47)31-37(34)28-35)57-55(58-54)44-27-26-41(39-12-3-4-13-40(39)44)43-16-9-19-50-52(43)45-15-6-8-18-49(45)59-50/h1-31H. The average Bonchev–Trinajstić information content (AvgIpc) is 3.88. The number of hydrogen-bond acceptors (Lipinski definition) is 5. The van der Waals surface area contributed by atoms with E-state index in [0.29, 0.717) is 17.5 Å². The van der Waals surface area contributed by atoms with Gasteiger partial charge >= 0.3 is 0 Å². The van der Waals surface area contributed by atoms with Crippen LogP contribution in [0.3, 0.4) is 0 Å². The lowest BCUT2D eigenvalue weighted by molar-refractivity contribution is 0.669. The van der Waals surface area contributed by atoms with E-state index in [1.54, 1.807) is 0 Å². The van der Waals surface area contributed by atoms with Crippen molar-refractivity contribution < 1.29 is 8.83 Å². The average molecular weight is 766 g/mol. The Kier molecular flexibility index (Phi) is 6.95.